The van der Waals surface area contributed by atoms with Crippen molar-refractivity contribution >= 4 is 29.7 Å². The molecule has 0 spiro atoms. The van der Waals surface area contributed by atoms with E-state index in [0.717, 1.165) is 4.90 Å². The zero-order valence-electron chi connectivity index (χ0n) is 13.8. The minimum atomic E-state index is -1.05. The van der Waals surface area contributed by atoms with Crippen molar-refractivity contribution < 1.29 is 34.2 Å². The Kier molecular flexibility index (Phi) is 8.31. The van der Waals surface area contributed by atoms with Crippen LogP contribution in [0.4, 0.5) is 0 Å². The molecule has 1 aliphatic rings. The first kappa shape index (κ1) is 20.3. The molecule has 0 aromatic rings. The molecule has 1 rings (SSSR count). The van der Waals surface area contributed by atoms with E-state index in [-0.39, 0.29) is 50.1 Å². The molecule has 3 amide bonds. The Morgan fingerprint density at radius 2 is 1.36 bits per heavy atom. The van der Waals surface area contributed by atoms with Crippen molar-refractivity contribution in [2.75, 3.05) is 19.6 Å². The SMILES string of the molecule is O=C(O)CCN(CCC(=O)O)C(=O)CCCCCN1C(=O)C=CC1=O. The predicted octanol–water partition coefficient (Wildman–Crippen LogP) is 0.250. The molecule has 0 fully saturated rings. The van der Waals surface area contributed by atoms with Gasteiger partial charge in [-0.05, 0) is 12.8 Å². The zero-order valence-corrected chi connectivity index (χ0v) is 13.8. The molecule has 1 aliphatic heterocycles. The fraction of sp³-hybridized carbons (Fsp3) is 0.562. The highest BCUT2D eigenvalue weighted by molar-refractivity contribution is 6.12. The highest BCUT2D eigenvalue weighted by Crippen LogP contribution is 2.09. The second kappa shape index (κ2) is 10.2. The summed E-state index contributed by atoms with van der Waals surface area (Å²) in [6, 6.07) is 0. The van der Waals surface area contributed by atoms with Crippen molar-refractivity contribution in [3.8, 4) is 0 Å². The number of carboxylic acid groups (broad SMARTS) is 2. The summed E-state index contributed by atoms with van der Waals surface area (Å²) < 4.78 is 0. The Morgan fingerprint density at radius 3 is 1.84 bits per heavy atom. The summed E-state index contributed by atoms with van der Waals surface area (Å²) >= 11 is 0. The second-order valence-corrected chi connectivity index (χ2v) is 5.64. The topological polar surface area (TPSA) is 132 Å². The van der Waals surface area contributed by atoms with E-state index in [1.165, 1.54) is 17.1 Å². The molecule has 138 valence electrons. The third-order valence-corrected chi connectivity index (χ3v) is 3.72. The molecule has 9 nitrogen and oxygen atoms in total. The maximum Gasteiger partial charge on any atom is 0.305 e. The van der Waals surface area contributed by atoms with Crippen LogP contribution in [0.2, 0.25) is 0 Å². The van der Waals surface area contributed by atoms with Gasteiger partial charge >= 0.3 is 11.9 Å². The minimum Gasteiger partial charge on any atom is -0.481 e. The maximum absolute atomic E-state index is 12.1. The van der Waals surface area contributed by atoms with Crippen LogP contribution < -0.4 is 0 Å². The molecule has 0 atom stereocenters. The van der Waals surface area contributed by atoms with E-state index >= 15 is 0 Å². The van der Waals surface area contributed by atoms with Crippen molar-refractivity contribution in [3.05, 3.63) is 12.2 Å². The Morgan fingerprint density at radius 1 is 0.840 bits per heavy atom. The maximum atomic E-state index is 12.1. The number of imide groups is 1. The smallest absolute Gasteiger partial charge is 0.305 e. The molecule has 25 heavy (non-hydrogen) atoms. The molecule has 0 unspecified atom stereocenters. The second-order valence-electron chi connectivity index (χ2n) is 5.64. The van der Waals surface area contributed by atoms with Gasteiger partial charge in [0.15, 0.2) is 0 Å². The van der Waals surface area contributed by atoms with Crippen LogP contribution >= 0.6 is 0 Å². The van der Waals surface area contributed by atoms with Gasteiger partial charge in [-0.25, -0.2) is 0 Å². The van der Waals surface area contributed by atoms with Gasteiger partial charge in [-0.1, -0.05) is 6.42 Å². The molecule has 0 aromatic carbocycles. The lowest BCUT2D eigenvalue weighted by Crippen LogP contribution is -2.34. The van der Waals surface area contributed by atoms with E-state index in [1.807, 2.05) is 0 Å². The van der Waals surface area contributed by atoms with Crippen molar-refractivity contribution in [2.24, 2.45) is 0 Å². The van der Waals surface area contributed by atoms with Crippen LogP contribution in [0.1, 0.15) is 38.5 Å². The molecule has 9 heteroatoms. The molecule has 0 saturated carbocycles. The van der Waals surface area contributed by atoms with Gasteiger partial charge in [0.1, 0.15) is 0 Å². The quantitative estimate of drug-likeness (QED) is 0.379. The molecule has 0 saturated heterocycles. The van der Waals surface area contributed by atoms with Crippen LogP contribution in [-0.4, -0.2) is 69.3 Å². The number of carbonyl (C=O) groups is 5. The Balaban J connectivity index is 2.30. The Labute approximate surface area is 144 Å². The molecule has 2 N–H and O–H groups in total. The summed E-state index contributed by atoms with van der Waals surface area (Å²) in [6.45, 7) is 0.244. The largest absolute Gasteiger partial charge is 0.481 e. The summed E-state index contributed by atoms with van der Waals surface area (Å²) in [4.78, 5) is 58.5. The van der Waals surface area contributed by atoms with E-state index in [2.05, 4.69) is 0 Å². The van der Waals surface area contributed by atoms with Crippen molar-refractivity contribution in [1.29, 1.82) is 0 Å². The van der Waals surface area contributed by atoms with Crippen molar-refractivity contribution in [3.63, 3.8) is 0 Å². The molecule has 0 aromatic heterocycles. The Bertz CT molecular complexity index is 535. The van der Waals surface area contributed by atoms with Crippen molar-refractivity contribution in [1.82, 2.24) is 9.80 Å². The summed E-state index contributed by atoms with van der Waals surface area (Å²) in [5.41, 5.74) is 0. The van der Waals surface area contributed by atoms with Gasteiger partial charge in [0.2, 0.25) is 5.91 Å². The van der Waals surface area contributed by atoms with E-state index in [0.29, 0.717) is 25.8 Å². The van der Waals surface area contributed by atoms with Crippen LogP contribution in [0.25, 0.3) is 0 Å². The van der Waals surface area contributed by atoms with E-state index in [9.17, 15) is 24.0 Å². The van der Waals surface area contributed by atoms with Crippen LogP contribution in [0, 0.1) is 0 Å². The van der Waals surface area contributed by atoms with Crippen LogP contribution in [0.3, 0.4) is 0 Å². The number of unbranched alkanes of at least 4 members (excludes halogenated alkanes) is 2. The average Bonchev–Trinajstić information content (AvgIpc) is 2.85. The first-order valence-corrected chi connectivity index (χ1v) is 8.06. The zero-order chi connectivity index (χ0) is 18.8. The Hall–Kier alpha value is -2.71. The molecular weight excluding hydrogens is 332 g/mol. The highest BCUT2D eigenvalue weighted by atomic mass is 16.4. The highest BCUT2D eigenvalue weighted by Gasteiger charge is 2.22. The van der Waals surface area contributed by atoms with Crippen LogP contribution in [-0.2, 0) is 24.0 Å². The number of hydrogen-bond acceptors (Lipinski definition) is 5. The number of nitrogens with zero attached hydrogens (tertiary/aromatic N) is 2. The standard InChI is InChI=1S/C16H22N2O7/c19-12(17(10-7-15(22)23)11-8-16(24)25)4-2-1-3-9-18-13(20)5-6-14(18)21/h5-6H,1-4,7-11H2,(H,22,23)(H,24,25). The van der Waals surface area contributed by atoms with Gasteiger partial charge in [0, 0.05) is 38.2 Å². The molecule has 0 aliphatic carbocycles. The number of carbonyl (C=O) groups excluding carboxylic acids is 3. The van der Waals surface area contributed by atoms with Gasteiger partial charge in [0.25, 0.3) is 11.8 Å². The lowest BCUT2D eigenvalue weighted by molar-refractivity contribution is -0.140. The van der Waals surface area contributed by atoms with Gasteiger partial charge in [0.05, 0.1) is 12.8 Å². The average molecular weight is 354 g/mol. The van der Waals surface area contributed by atoms with Crippen LogP contribution in [0.15, 0.2) is 12.2 Å². The number of amides is 3. The number of carboxylic acids is 2. The van der Waals surface area contributed by atoms with Crippen molar-refractivity contribution in [2.45, 2.75) is 38.5 Å². The number of rotatable bonds is 12. The lowest BCUT2D eigenvalue weighted by Gasteiger charge is -2.21. The van der Waals surface area contributed by atoms with E-state index in [4.69, 9.17) is 10.2 Å². The van der Waals surface area contributed by atoms with Gasteiger partial charge < -0.3 is 15.1 Å². The van der Waals surface area contributed by atoms with E-state index < -0.39 is 11.9 Å². The molecular formula is C16H22N2O7. The normalized spacial score (nSPS) is 13.4. The lowest BCUT2D eigenvalue weighted by atomic mass is 10.1. The summed E-state index contributed by atoms with van der Waals surface area (Å²) in [6.07, 6.45) is 3.82. The van der Waals surface area contributed by atoms with E-state index in [1.54, 1.807) is 0 Å². The summed E-state index contributed by atoms with van der Waals surface area (Å²) in [7, 11) is 0. The fourth-order valence-corrected chi connectivity index (χ4v) is 2.35. The van der Waals surface area contributed by atoms with Gasteiger partial charge in [-0.3, -0.25) is 28.9 Å². The predicted molar refractivity (Wildman–Crippen MR) is 85.4 cm³/mol. The number of hydrogen-bond donors (Lipinski definition) is 2. The first-order chi connectivity index (χ1) is 11.8. The molecule has 1 heterocycles. The summed E-state index contributed by atoms with van der Waals surface area (Å²) in [5, 5.41) is 17.4. The first-order valence-electron chi connectivity index (χ1n) is 8.06. The van der Waals surface area contributed by atoms with Gasteiger partial charge in [-0.15, -0.1) is 0 Å². The fourth-order valence-electron chi connectivity index (χ4n) is 2.35. The molecule has 0 bridgehead atoms. The molecule has 0 radical (unpaired) electrons. The minimum absolute atomic E-state index is 0.0239. The monoisotopic (exact) mass is 354 g/mol. The van der Waals surface area contributed by atoms with Gasteiger partial charge in [-0.2, -0.15) is 0 Å². The third-order valence-electron chi connectivity index (χ3n) is 3.72. The summed E-state index contributed by atoms with van der Waals surface area (Å²) in [5.74, 6) is -3.08. The van der Waals surface area contributed by atoms with Crippen LogP contribution in [0.5, 0.6) is 0 Å². The number of aliphatic carboxylic acids is 2. The third kappa shape index (κ3) is 7.60.